The van der Waals surface area contributed by atoms with E-state index in [1.165, 1.54) is 0 Å². The van der Waals surface area contributed by atoms with Gasteiger partial charge in [0, 0.05) is 11.9 Å². The third kappa shape index (κ3) is 2.05. The number of benzene rings is 1. The lowest BCUT2D eigenvalue weighted by atomic mass is 10.2. The molecule has 0 saturated heterocycles. The molecule has 102 valence electrons. The van der Waals surface area contributed by atoms with Gasteiger partial charge in [-0.2, -0.15) is 10.2 Å². The summed E-state index contributed by atoms with van der Waals surface area (Å²) >= 11 is 0. The molecule has 3 aromatic rings. The molecule has 0 atom stereocenters. The Morgan fingerprint density at radius 2 is 2.20 bits per heavy atom. The van der Waals surface area contributed by atoms with E-state index in [-0.39, 0.29) is 5.91 Å². The van der Waals surface area contributed by atoms with Crippen LogP contribution in [0.1, 0.15) is 23.1 Å². The number of amides is 1. The lowest BCUT2D eigenvalue weighted by Gasteiger charge is -2.04. The molecule has 2 aromatic heterocycles. The number of carbonyl (C=O) groups is 1. The number of aromatic amines is 1. The SMILES string of the molecule is CCn1nc(C)cc1C(=O)Nc1n[nH]c2ccccc12. The van der Waals surface area contributed by atoms with E-state index in [4.69, 9.17) is 0 Å². The van der Waals surface area contributed by atoms with Crippen molar-refractivity contribution < 1.29 is 4.79 Å². The second-order valence-corrected chi connectivity index (χ2v) is 4.56. The minimum atomic E-state index is -0.204. The van der Waals surface area contributed by atoms with Crippen molar-refractivity contribution in [3.63, 3.8) is 0 Å². The minimum Gasteiger partial charge on any atom is -0.303 e. The van der Waals surface area contributed by atoms with Crippen LogP contribution >= 0.6 is 0 Å². The third-order valence-electron chi connectivity index (χ3n) is 3.14. The number of rotatable bonds is 3. The maximum atomic E-state index is 12.3. The monoisotopic (exact) mass is 269 g/mol. The fourth-order valence-electron chi connectivity index (χ4n) is 2.20. The van der Waals surface area contributed by atoms with E-state index in [9.17, 15) is 4.79 Å². The van der Waals surface area contributed by atoms with E-state index >= 15 is 0 Å². The largest absolute Gasteiger partial charge is 0.303 e. The number of nitrogens with zero attached hydrogens (tertiary/aromatic N) is 3. The summed E-state index contributed by atoms with van der Waals surface area (Å²) in [5.41, 5.74) is 2.25. The van der Waals surface area contributed by atoms with Crippen LogP contribution < -0.4 is 5.32 Å². The normalized spacial score (nSPS) is 10.9. The maximum Gasteiger partial charge on any atom is 0.275 e. The minimum absolute atomic E-state index is 0.204. The Morgan fingerprint density at radius 3 is 3.00 bits per heavy atom. The van der Waals surface area contributed by atoms with Crippen LogP contribution in [0, 0.1) is 6.92 Å². The summed E-state index contributed by atoms with van der Waals surface area (Å²) in [7, 11) is 0. The average molecular weight is 269 g/mol. The first-order chi connectivity index (χ1) is 9.69. The Balaban J connectivity index is 1.92. The molecule has 1 amide bonds. The lowest BCUT2D eigenvalue weighted by molar-refractivity contribution is 0.101. The number of carbonyl (C=O) groups excluding carboxylic acids is 1. The zero-order valence-corrected chi connectivity index (χ0v) is 11.3. The molecule has 0 spiro atoms. The number of aryl methyl sites for hydroxylation is 2. The smallest absolute Gasteiger partial charge is 0.275 e. The Bertz CT molecular complexity index is 771. The zero-order valence-electron chi connectivity index (χ0n) is 11.3. The number of nitrogens with one attached hydrogen (secondary N) is 2. The van der Waals surface area contributed by atoms with Gasteiger partial charge in [0.2, 0.25) is 0 Å². The summed E-state index contributed by atoms with van der Waals surface area (Å²) in [6.45, 7) is 4.47. The highest BCUT2D eigenvalue weighted by Gasteiger charge is 2.15. The number of aromatic nitrogens is 4. The fraction of sp³-hybridized carbons (Fsp3) is 0.214. The van der Waals surface area contributed by atoms with Gasteiger partial charge < -0.3 is 5.32 Å². The Morgan fingerprint density at radius 1 is 1.40 bits per heavy atom. The van der Waals surface area contributed by atoms with Gasteiger partial charge in [-0.25, -0.2) is 0 Å². The van der Waals surface area contributed by atoms with Crippen molar-refractivity contribution in [2.24, 2.45) is 0 Å². The van der Waals surface area contributed by atoms with Gasteiger partial charge in [0.15, 0.2) is 5.82 Å². The van der Waals surface area contributed by atoms with Gasteiger partial charge in [-0.15, -0.1) is 0 Å². The molecule has 2 N–H and O–H groups in total. The molecule has 6 heteroatoms. The number of para-hydroxylation sites is 1. The van der Waals surface area contributed by atoms with Gasteiger partial charge in [0.05, 0.1) is 11.2 Å². The zero-order chi connectivity index (χ0) is 14.1. The molecular formula is C14H15N5O. The topological polar surface area (TPSA) is 75.6 Å². The lowest BCUT2D eigenvalue weighted by Crippen LogP contribution is -2.17. The first-order valence-electron chi connectivity index (χ1n) is 6.48. The molecular weight excluding hydrogens is 254 g/mol. The van der Waals surface area contributed by atoms with Gasteiger partial charge in [0.25, 0.3) is 5.91 Å². The van der Waals surface area contributed by atoms with Gasteiger partial charge >= 0.3 is 0 Å². The van der Waals surface area contributed by atoms with Crippen LogP contribution in [0.3, 0.4) is 0 Å². The molecule has 0 fully saturated rings. The number of anilines is 1. The second kappa shape index (κ2) is 4.80. The number of H-pyrrole nitrogens is 1. The van der Waals surface area contributed by atoms with Crippen LogP contribution in [0.4, 0.5) is 5.82 Å². The van der Waals surface area contributed by atoms with Crippen molar-refractivity contribution in [3.8, 4) is 0 Å². The molecule has 0 unspecified atom stereocenters. The summed E-state index contributed by atoms with van der Waals surface area (Å²) in [6.07, 6.45) is 0. The number of hydrogen-bond acceptors (Lipinski definition) is 3. The Hall–Kier alpha value is -2.63. The van der Waals surface area contributed by atoms with E-state index in [1.807, 2.05) is 38.1 Å². The maximum absolute atomic E-state index is 12.3. The van der Waals surface area contributed by atoms with Crippen LogP contribution in [0.2, 0.25) is 0 Å². The van der Waals surface area contributed by atoms with Crippen molar-refractivity contribution in [1.82, 2.24) is 20.0 Å². The summed E-state index contributed by atoms with van der Waals surface area (Å²) in [5, 5.41) is 15.0. The molecule has 0 saturated carbocycles. The van der Waals surface area contributed by atoms with E-state index < -0.39 is 0 Å². The highest BCUT2D eigenvalue weighted by molar-refractivity contribution is 6.06. The molecule has 6 nitrogen and oxygen atoms in total. The summed E-state index contributed by atoms with van der Waals surface area (Å²) in [4.78, 5) is 12.3. The molecule has 20 heavy (non-hydrogen) atoms. The first-order valence-corrected chi connectivity index (χ1v) is 6.48. The molecule has 0 aliphatic carbocycles. The predicted molar refractivity (Wildman–Crippen MR) is 76.7 cm³/mol. The first kappa shape index (κ1) is 12.4. The summed E-state index contributed by atoms with van der Waals surface area (Å²) in [6, 6.07) is 9.43. The summed E-state index contributed by atoms with van der Waals surface area (Å²) < 4.78 is 1.68. The van der Waals surface area contributed by atoms with Crippen LogP contribution in [-0.4, -0.2) is 25.9 Å². The highest BCUT2D eigenvalue weighted by atomic mass is 16.2. The fourth-order valence-corrected chi connectivity index (χ4v) is 2.20. The van der Waals surface area contributed by atoms with Crippen molar-refractivity contribution in [2.45, 2.75) is 20.4 Å². The van der Waals surface area contributed by atoms with Gasteiger partial charge in [-0.1, -0.05) is 12.1 Å². The Kier molecular flexibility index (Phi) is 2.98. The molecule has 2 heterocycles. The molecule has 0 radical (unpaired) electrons. The molecule has 1 aromatic carbocycles. The summed E-state index contributed by atoms with van der Waals surface area (Å²) in [5.74, 6) is 0.330. The van der Waals surface area contributed by atoms with Gasteiger partial charge in [-0.05, 0) is 32.0 Å². The quantitative estimate of drug-likeness (QED) is 0.766. The van der Waals surface area contributed by atoms with E-state index in [0.717, 1.165) is 16.6 Å². The van der Waals surface area contributed by atoms with Gasteiger partial charge in [-0.3, -0.25) is 14.6 Å². The van der Waals surface area contributed by atoms with Crippen molar-refractivity contribution >= 4 is 22.6 Å². The molecule has 3 rings (SSSR count). The van der Waals surface area contributed by atoms with Crippen LogP contribution in [-0.2, 0) is 6.54 Å². The standard InChI is InChI=1S/C14H15N5O/c1-3-19-12(8-9(2)18-19)14(20)15-13-10-6-4-5-7-11(10)16-17-13/h4-8H,3H2,1-2H3,(H2,15,16,17,20). The van der Waals surface area contributed by atoms with Crippen molar-refractivity contribution in [1.29, 1.82) is 0 Å². The molecule has 0 aliphatic rings. The highest BCUT2D eigenvalue weighted by Crippen LogP contribution is 2.20. The van der Waals surface area contributed by atoms with E-state index in [2.05, 4.69) is 20.6 Å². The van der Waals surface area contributed by atoms with Crippen molar-refractivity contribution in [3.05, 3.63) is 41.7 Å². The van der Waals surface area contributed by atoms with E-state index in [0.29, 0.717) is 18.1 Å². The van der Waals surface area contributed by atoms with Crippen LogP contribution in [0.5, 0.6) is 0 Å². The van der Waals surface area contributed by atoms with Crippen LogP contribution in [0.25, 0.3) is 10.9 Å². The second-order valence-electron chi connectivity index (χ2n) is 4.56. The number of hydrogen-bond donors (Lipinski definition) is 2. The van der Waals surface area contributed by atoms with Gasteiger partial charge in [0.1, 0.15) is 5.69 Å². The van der Waals surface area contributed by atoms with Crippen LogP contribution in [0.15, 0.2) is 30.3 Å². The molecule has 0 bridgehead atoms. The average Bonchev–Trinajstić information content (AvgIpc) is 3.03. The number of fused-ring (bicyclic) bond motifs is 1. The Labute approximate surface area is 115 Å². The van der Waals surface area contributed by atoms with Crippen molar-refractivity contribution in [2.75, 3.05) is 5.32 Å². The predicted octanol–water partition coefficient (Wildman–Crippen LogP) is 2.34. The molecule has 0 aliphatic heterocycles. The third-order valence-corrected chi connectivity index (χ3v) is 3.14. The van der Waals surface area contributed by atoms with E-state index in [1.54, 1.807) is 10.7 Å².